The van der Waals surface area contributed by atoms with Crippen molar-refractivity contribution in [1.29, 1.82) is 0 Å². The first-order chi connectivity index (χ1) is 21.3. The number of urea groups is 1. The van der Waals surface area contributed by atoms with Crippen LogP contribution >= 0.6 is 0 Å². The summed E-state index contributed by atoms with van der Waals surface area (Å²) in [4.78, 5) is 45.4. The molecular weight excluding hydrogens is 584 g/mol. The summed E-state index contributed by atoms with van der Waals surface area (Å²) in [5, 5.41) is 17.4. The fourth-order valence-electron chi connectivity index (χ4n) is 5.68. The van der Waals surface area contributed by atoms with E-state index >= 15 is 0 Å². The van der Waals surface area contributed by atoms with Crippen molar-refractivity contribution in [3.63, 3.8) is 0 Å². The highest BCUT2D eigenvalue weighted by Gasteiger charge is 2.39. The van der Waals surface area contributed by atoms with Crippen LogP contribution in [0.2, 0.25) is 0 Å². The second kappa shape index (κ2) is 14.6. The number of hydrogen-bond acceptors (Lipinski definition) is 7. The van der Waals surface area contributed by atoms with Crippen molar-refractivity contribution in [3.8, 4) is 11.5 Å². The second-order valence-electron chi connectivity index (χ2n) is 14.8. The third kappa shape index (κ3) is 9.47. The van der Waals surface area contributed by atoms with Gasteiger partial charge in [0.15, 0.2) is 0 Å². The Balaban J connectivity index is 1.82. The van der Waals surface area contributed by atoms with Gasteiger partial charge in [0.2, 0.25) is 5.91 Å². The van der Waals surface area contributed by atoms with Crippen molar-refractivity contribution in [2.45, 2.75) is 116 Å². The summed E-state index contributed by atoms with van der Waals surface area (Å²) in [5.74, 6) is -0.0273. The Bertz CT molecular complexity index is 1410. The average molecular weight is 637 g/mol. The highest BCUT2D eigenvalue weighted by Crippen LogP contribution is 2.40. The summed E-state index contributed by atoms with van der Waals surface area (Å²) in [6.07, 6.45) is 4.13. The predicted molar refractivity (Wildman–Crippen MR) is 181 cm³/mol. The molecule has 46 heavy (non-hydrogen) atoms. The highest BCUT2D eigenvalue weighted by atomic mass is 16.7. The molecule has 3 amide bonds. The number of aromatic hydroxyl groups is 1. The zero-order valence-corrected chi connectivity index (χ0v) is 29.1. The van der Waals surface area contributed by atoms with Gasteiger partial charge in [0.05, 0.1) is 12.1 Å². The van der Waals surface area contributed by atoms with E-state index in [2.05, 4.69) is 10.6 Å². The minimum absolute atomic E-state index is 0.0384. The van der Waals surface area contributed by atoms with Gasteiger partial charge < -0.3 is 30.1 Å². The third-order valence-electron chi connectivity index (χ3n) is 8.16. The summed E-state index contributed by atoms with van der Waals surface area (Å²) in [7, 11) is 3.36. The van der Waals surface area contributed by atoms with Gasteiger partial charge >= 0.3 is 12.2 Å². The largest absolute Gasteiger partial charge is 0.514 e. The molecule has 0 saturated heterocycles. The predicted octanol–water partition coefficient (Wildman–Crippen LogP) is 6.47. The topological polar surface area (TPSA) is 130 Å². The van der Waals surface area contributed by atoms with Crippen LogP contribution in [-0.2, 0) is 20.4 Å². The first-order valence-electron chi connectivity index (χ1n) is 16.0. The van der Waals surface area contributed by atoms with Gasteiger partial charge in [0.1, 0.15) is 23.1 Å². The lowest BCUT2D eigenvalue weighted by Crippen LogP contribution is -2.59. The number of nitrogens with one attached hydrogen (secondary N) is 2. The molecule has 1 saturated carbocycles. The maximum absolute atomic E-state index is 13.4. The number of carbonyl (C=O) groups excluding carboxylic acids is 3. The first-order valence-corrected chi connectivity index (χ1v) is 16.0. The molecule has 1 aliphatic carbocycles. The molecule has 10 nitrogen and oxygen atoms in total. The average Bonchev–Trinajstić information content (AvgIpc) is 2.94. The molecule has 10 heteroatoms. The summed E-state index contributed by atoms with van der Waals surface area (Å²) in [5.41, 5.74) is -0.102. The fraction of sp³-hybridized carbons (Fsp3) is 0.556. The van der Waals surface area contributed by atoms with Gasteiger partial charge in [-0.25, -0.2) is 9.59 Å². The minimum Gasteiger partial charge on any atom is -0.507 e. The van der Waals surface area contributed by atoms with E-state index in [1.165, 1.54) is 4.90 Å². The van der Waals surface area contributed by atoms with Crippen LogP contribution in [0.3, 0.4) is 0 Å². The van der Waals surface area contributed by atoms with Gasteiger partial charge in [-0.3, -0.25) is 9.79 Å². The molecule has 2 aromatic rings. The molecule has 0 aromatic heterocycles. The van der Waals surface area contributed by atoms with Gasteiger partial charge in [-0.1, -0.05) is 77.8 Å². The lowest BCUT2D eigenvalue weighted by molar-refractivity contribution is -0.132. The Kier molecular flexibility index (Phi) is 11.5. The normalized spacial score (nSPS) is 18.0. The maximum Gasteiger partial charge on any atom is 0.514 e. The molecule has 0 spiro atoms. The van der Waals surface area contributed by atoms with Crippen molar-refractivity contribution in [2.75, 3.05) is 14.1 Å². The smallest absolute Gasteiger partial charge is 0.507 e. The Labute approximate surface area is 274 Å². The van der Waals surface area contributed by atoms with E-state index < -0.39 is 34.7 Å². The zero-order valence-electron chi connectivity index (χ0n) is 29.1. The molecule has 3 atom stereocenters. The van der Waals surface area contributed by atoms with Crippen molar-refractivity contribution in [1.82, 2.24) is 15.5 Å². The van der Waals surface area contributed by atoms with E-state index in [0.29, 0.717) is 11.1 Å². The Morgan fingerprint density at radius 3 is 2.17 bits per heavy atom. The number of hydrogen-bond donors (Lipinski definition) is 3. The molecule has 0 heterocycles. The van der Waals surface area contributed by atoms with Crippen LogP contribution in [0.25, 0.3) is 0 Å². The number of rotatable bonds is 8. The summed E-state index contributed by atoms with van der Waals surface area (Å²) in [6, 6.07) is 11.2. The van der Waals surface area contributed by atoms with Crippen LogP contribution in [0.1, 0.15) is 97.8 Å². The van der Waals surface area contributed by atoms with E-state index in [9.17, 15) is 19.5 Å². The summed E-state index contributed by atoms with van der Waals surface area (Å²) >= 11 is 0. The standard InChI is InChI=1S/C36H52N4O6/c1-34(2,3)28-27(45-33(44)46-35(4,5)6)21-20-23(29(28)41)22-37-25-18-14-15-19-26(25)38-32(43)39-30(31(42)40(9)10)36(7,8)24-16-12-11-13-17-24/h11-13,16-17,20-22,25-26,30,41H,14-15,18-19H2,1-10H3,(H2,38,39,43)/t25-,26-,30-/m1/s1. The lowest BCUT2D eigenvalue weighted by atomic mass is 9.77. The zero-order chi connectivity index (χ0) is 34.4. The molecule has 2 aromatic carbocycles. The van der Waals surface area contributed by atoms with Crippen LogP contribution in [0.15, 0.2) is 47.5 Å². The molecule has 0 bridgehead atoms. The maximum atomic E-state index is 13.4. The first kappa shape index (κ1) is 36.4. The van der Waals surface area contributed by atoms with Crippen molar-refractivity contribution in [2.24, 2.45) is 4.99 Å². The number of benzene rings is 2. The van der Waals surface area contributed by atoms with Crippen molar-refractivity contribution >= 4 is 24.3 Å². The summed E-state index contributed by atoms with van der Waals surface area (Å²) < 4.78 is 10.8. The number of aliphatic imine (C=N–C) groups is 1. The van der Waals surface area contributed by atoms with E-state index in [4.69, 9.17) is 14.5 Å². The lowest BCUT2D eigenvalue weighted by Gasteiger charge is -2.37. The SMILES string of the molecule is CN(C)C(=O)[C@@H](NC(=O)N[C@@H]1CCCC[C@H]1N=Cc1ccc(OC(=O)OC(C)(C)C)c(C(C)(C)C)c1O)C(C)(C)c1ccccc1. The number of phenolic OH excluding ortho intramolecular Hbond substituents is 1. The van der Waals surface area contributed by atoms with Gasteiger partial charge in [-0.05, 0) is 56.7 Å². The fourth-order valence-corrected chi connectivity index (χ4v) is 5.68. The Morgan fingerprint density at radius 2 is 1.59 bits per heavy atom. The van der Waals surface area contributed by atoms with E-state index in [1.807, 2.05) is 65.0 Å². The number of amides is 3. The quantitative estimate of drug-likeness (QED) is 0.173. The molecule has 3 rings (SSSR count). The monoisotopic (exact) mass is 636 g/mol. The molecule has 252 valence electrons. The van der Waals surface area contributed by atoms with Gasteiger partial charge in [-0.15, -0.1) is 0 Å². The van der Waals surface area contributed by atoms with Crippen LogP contribution in [-0.4, -0.2) is 72.1 Å². The van der Waals surface area contributed by atoms with E-state index in [0.717, 1.165) is 31.2 Å². The summed E-state index contributed by atoms with van der Waals surface area (Å²) in [6.45, 7) is 14.9. The highest BCUT2D eigenvalue weighted by molar-refractivity contribution is 5.89. The van der Waals surface area contributed by atoms with Crippen molar-refractivity contribution < 1.29 is 29.0 Å². The molecular formula is C36H52N4O6. The van der Waals surface area contributed by atoms with Crippen LogP contribution in [0.4, 0.5) is 9.59 Å². The molecule has 1 fully saturated rings. The Morgan fingerprint density at radius 1 is 0.957 bits per heavy atom. The Hall–Kier alpha value is -4.08. The van der Waals surface area contributed by atoms with Gasteiger partial charge in [-0.2, -0.15) is 0 Å². The van der Waals surface area contributed by atoms with Crippen molar-refractivity contribution in [3.05, 3.63) is 59.2 Å². The molecule has 3 N–H and O–H groups in total. The van der Waals surface area contributed by atoms with Crippen LogP contribution in [0.5, 0.6) is 11.5 Å². The number of ether oxygens (including phenoxy) is 2. The number of nitrogens with zero attached hydrogens (tertiary/aromatic N) is 2. The van der Waals surface area contributed by atoms with Gasteiger partial charge in [0.25, 0.3) is 0 Å². The van der Waals surface area contributed by atoms with E-state index in [-0.39, 0.29) is 29.5 Å². The minimum atomic E-state index is -0.852. The number of phenols is 1. The van der Waals surface area contributed by atoms with Crippen LogP contribution in [0, 0.1) is 0 Å². The van der Waals surface area contributed by atoms with E-state index in [1.54, 1.807) is 53.2 Å². The van der Waals surface area contributed by atoms with Gasteiger partial charge in [0, 0.05) is 36.9 Å². The van der Waals surface area contributed by atoms with Crippen LogP contribution < -0.4 is 15.4 Å². The molecule has 0 radical (unpaired) electrons. The second-order valence-corrected chi connectivity index (χ2v) is 14.8. The molecule has 1 aliphatic rings. The number of likely N-dealkylation sites (N-methyl/N-ethyl adjacent to an activating group) is 1. The third-order valence-corrected chi connectivity index (χ3v) is 8.16. The number of carbonyl (C=O) groups is 3. The molecule has 0 aliphatic heterocycles. The molecule has 0 unspecified atom stereocenters.